The van der Waals surface area contributed by atoms with Gasteiger partial charge in [-0.2, -0.15) is 0 Å². The summed E-state index contributed by atoms with van der Waals surface area (Å²) in [5.41, 5.74) is 1.99. The molecule has 2 N–H and O–H groups in total. The molecular formula is C18H22ClN3O2. The van der Waals surface area contributed by atoms with Gasteiger partial charge in [0.25, 0.3) is 5.91 Å². The summed E-state index contributed by atoms with van der Waals surface area (Å²) in [7, 11) is 1.76. The fraction of sp³-hybridized carbons (Fsp3) is 0.444. The highest BCUT2D eigenvalue weighted by molar-refractivity contribution is 6.30. The number of H-pyrrole nitrogens is 1. The van der Waals surface area contributed by atoms with Crippen LogP contribution in [0, 0.1) is 12.8 Å². The third-order valence-corrected chi connectivity index (χ3v) is 4.89. The lowest BCUT2D eigenvalue weighted by Crippen LogP contribution is -2.35. The lowest BCUT2D eigenvalue weighted by molar-refractivity contribution is 0.0688. The van der Waals surface area contributed by atoms with Gasteiger partial charge in [-0.15, -0.1) is 0 Å². The monoisotopic (exact) mass is 347 g/mol. The number of aryl methyl sites for hydroxylation is 1. The Balaban J connectivity index is 1.77. The Morgan fingerprint density at radius 2 is 2.25 bits per heavy atom. The predicted octanol–water partition coefficient (Wildman–Crippen LogP) is 3.27. The van der Waals surface area contributed by atoms with Crippen molar-refractivity contribution in [1.82, 2.24) is 14.9 Å². The largest absolute Gasteiger partial charge is 0.393 e. The van der Waals surface area contributed by atoms with Crippen LogP contribution < -0.4 is 0 Å². The first-order chi connectivity index (χ1) is 11.5. The molecule has 1 aromatic heterocycles. The van der Waals surface area contributed by atoms with Crippen LogP contribution >= 0.6 is 11.6 Å². The topological polar surface area (TPSA) is 69.2 Å². The molecule has 24 heavy (non-hydrogen) atoms. The van der Waals surface area contributed by atoms with Gasteiger partial charge < -0.3 is 15.0 Å². The maximum atomic E-state index is 12.7. The van der Waals surface area contributed by atoms with Gasteiger partial charge in [0.05, 0.1) is 6.10 Å². The van der Waals surface area contributed by atoms with Crippen molar-refractivity contribution >= 4 is 17.5 Å². The van der Waals surface area contributed by atoms with Crippen LogP contribution in [0.4, 0.5) is 0 Å². The molecule has 0 saturated heterocycles. The molecule has 1 aliphatic rings. The van der Waals surface area contributed by atoms with Crippen molar-refractivity contribution in [3.05, 3.63) is 40.7 Å². The molecule has 1 aliphatic carbocycles. The van der Waals surface area contributed by atoms with Gasteiger partial charge in [-0.05, 0) is 31.9 Å². The molecule has 2 aromatic rings. The van der Waals surface area contributed by atoms with Crippen LogP contribution in [0.3, 0.4) is 0 Å². The van der Waals surface area contributed by atoms with E-state index in [-0.39, 0.29) is 17.9 Å². The van der Waals surface area contributed by atoms with Crippen molar-refractivity contribution in [2.45, 2.75) is 32.3 Å². The van der Waals surface area contributed by atoms with Crippen molar-refractivity contribution in [3.63, 3.8) is 0 Å². The van der Waals surface area contributed by atoms with Gasteiger partial charge in [0, 0.05) is 35.8 Å². The highest BCUT2D eigenvalue weighted by Crippen LogP contribution is 2.27. The van der Waals surface area contributed by atoms with Gasteiger partial charge in [-0.3, -0.25) is 4.79 Å². The molecular weight excluding hydrogens is 326 g/mol. The molecule has 1 heterocycles. The van der Waals surface area contributed by atoms with Crippen molar-refractivity contribution in [2.75, 3.05) is 13.6 Å². The van der Waals surface area contributed by atoms with Gasteiger partial charge in [0.15, 0.2) is 0 Å². The number of halogens is 1. The molecule has 1 aromatic carbocycles. The van der Waals surface area contributed by atoms with Crippen molar-refractivity contribution in [2.24, 2.45) is 5.92 Å². The summed E-state index contributed by atoms with van der Waals surface area (Å²) in [6.07, 6.45) is 2.51. The average Bonchev–Trinajstić information content (AvgIpc) is 3.13. The molecule has 6 heteroatoms. The molecule has 0 aliphatic heterocycles. The van der Waals surface area contributed by atoms with Crippen LogP contribution in [0.25, 0.3) is 11.4 Å². The third kappa shape index (κ3) is 3.47. The normalized spacial score (nSPS) is 20.3. The predicted molar refractivity (Wildman–Crippen MR) is 94.1 cm³/mol. The van der Waals surface area contributed by atoms with E-state index in [9.17, 15) is 9.90 Å². The number of nitrogens with zero attached hydrogens (tertiary/aromatic N) is 2. The molecule has 3 rings (SSSR count). The number of carbonyl (C=O) groups excluding carboxylic acids is 1. The van der Waals surface area contributed by atoms with Crippen molar-refractivity contribution < 1.29 is 9.90 Å². The lowest BCUT2D eigenvalue weighted by Gasteiger charge is -2.22. The van der Waals surface area contributed by atoms with Crippen LogP contribution in [0.1, 0.15) is 35.4 Å². The van der Waals surface area contributed by atoms with Gasteiger partial charge in [0.1, 0.15) is 11.5 Å². The van der Waals surface area contributed by atoms with Crippen LogP contribution in [0.15, 0.2) is 24.3 Å². The molecule has 2 unspecified atom stereocenters. The summed E-state index contributed by atoms with van der Waals surface area (Å²) in [4.78, 5) is 22.0. The Labute approximate surface area is 146 Å². The van der Waals surface area contributed by atoms with E-state index in [2.05, 4.69) is 9.97 Å². The summed E-state index contributed by atoms with van der Waals surface area (Å²) in [6, 6.07) is 7.36. The number of benzene rings is 1. The fourth-order valence-electron chi connectivity index (χ4n) is 3.29. The van der Waals surface area contributed by atoms with Crippen LogP contribution in [-0.2, 0) is 0 Å². The number of aromatic nitrogens is 2. The Hall–Kier alpha value is -1.85. The number of rotatable bonds is 4. The second kappa shape index (κ2) is 6.95. The Kier molecular flexibility index (Phi) is 4.92. The van der Waals surface area contributed by atoms with E-state index in [1.807, 2.05) is 25.1 Å². The lowest BCUT2D eigenvalue weighted by atomic mass is 10.1. The van der Waals surface area contributed by atoms with E-state index in [1.54, 1.807) is 18.0 Å². The van der Waals surface area contributed by atoms with E-state index in [1.165, 1.54) is 0 Å². The number of carbonyl (C=O) groups is 1. The maximum Gasteiger partial charge on any atom is 0.274 e. The van der Waals surface area contributed by atoms with Gasteiger partial charge in [0.2, 0.25) is 0 Å². The first kappa shape index (κ1) is 17.0. The van der Waals surface area contributed by atoms with Crippen LogP contribution in [-0.4, -0.2) is 45.6 Å². The standard InChI is InChI=1S/C18H22ClN3O2/c1-11-16(18(24)22(2)10-13-6-4-8-15(13)23)21-17(20-11)12-5-3-7-14(19)9-12/h3,5,7,9,13,15,23H,4,6,8,10H2,1-2H3,(H,20,21). The number of imidazole rings is 1. The zero-order valence-corrected chi connectivity index (χ0v) is 14.7. The minimum atomic E-state index is -0.303. The van der Waals surface area contributed by atoms with Crippen LogP contribution in [0.5, 0.6) is 0 Å². The zero-order chi connectivity index (χ0) is 17.3. The number of amides is 1. The SMILES string of the molecule is Cc1[nH]c(-c2cccc(Cl)c2)nc1C(=O)N(C)CC1CCCC1O. The molecule has 2 atom stereocenters. The highest BCUT2D eigenvalue weighted by atomic mass is 35.5. The van der Waals surface area contributed by atoms with Gasteiger partial charge in [-0.25, -0.2) is 4.98 Å². The maximum absolute atomic E-state index is 12.7. The van der Waals surface area contributed by atoms with Gasteiger partial charge in [-0.1, -0.05) is 30.2 Å². The smallest absolute Gasteiger partial charge is 0.274 e. The third-order valence-electron chi connectivity index (χ3n) is 4.66. The number of aliphatic hydroxyl groups excluding tert-OH is 1. The van der Waals surface area contributed by atoms with Crippen LogP contribution in [0.2, 0.25) is 5.02 Å². The summed E-state index contributed by atoms with van der Waals surface area (Å²) in [6.45, 7) is 2.39. The second-order valence-corrected chi connectivity index (χ2v) is 6.95. The zero-order valence-electron chi connectivity index (χ0n) is 13.9. The fourth-order valence-corrected chi connectivity index (χ4v) is 3.48. The van der Waals surface area contributed by atoms with E-state index >= 15 is 0 Å². The van der Waals surface area contributed by atoms with Crippen molar-refractivity contribution in [1.29, 1.82) is 0 Å². The second-order valence-electron chi connectivity index (χ2n) is 6.51. The molecule has 0 spiro atoms. The number of hydrogen-bond acceptors (Lipinski definition) is 3. The Bertz CT molecular complexity index is 744. The number of aromatic amines is 1. The Morgan fingerprint density at radius 1 is 1.46 bits per heavy atom. The first-order valence-electron chi connectivity index (χ1n) is 8.22. The molecule has 1 amide bonds. The molecule has 1 fully saturated rings. The van der Waals surface area contributed by atoms with Crippen molar-refractivity contribution in [3.8, 4) is 11.4 Å². The quantitative estimate of drug-likeness (QED) is 0.891. The molecule has 0 radical (unpaired) electrons. The number of hydrogen-bond donors (Lipinski definition) is 2. The molecule has 0 bridgehead atoms. The summed E-state index contributed by atoms with van der Waals surface area (Å²) in [5.74, 6) is 0.661. The molecule has 128 valence electrons. The van der Waals surface area contributed by atoms with E-state index in [4.69, 9.17) is 11.6 Å². The summed E-state index contributed by atoms with van der Waals surface area (Å²) < 4.78 is 0. The minimum Gasteiger partial charge on any atom is -0.393 e. The molecule has 1 saturated carbocycles. The number of aliphatic hydroxyl groups is 1. The summed E-state index contributed by atoms with van der Waals surface area (Å²) in [5, 5.41) is 10.6. The first-order valence-corrected chi connectivity index (χ1v) is 8.59. The highest BCUT2D eigenvalue weighted by Gasteiger charge is 2.29. The Morgan fingerprint density at radius 3 is 2.92 bits per heavy atom. The van der Waals surface area contributed by atoms with E-state index in [0.717, 1.165) is 30.5 Å². The molecule has 5 nitrogen and oxygen atoms in total. The minimum absolute atomic E-state index is 0.129. The van der Waals surface area contributed by atoms with E-state index < -0.39 is 0 Å². The van der Waals surface area contributed by atoms with E-state index in [0.29, 0.717) is 23.1 Å². The number of nitrogens with one attached hydrogen (secondary N) is 1. The summed E-state index contributed by atoms with van der Waals surface area (Å²) >= 11 is 6.02. The average molecular weight is 348 g/mol. The van der Waals surface area contributed by atoms with Gasteiger partial charge >= 0.3 is 0 Å².